The topological polar surface area (TPSA) is 53.4 Å². The van der Waals surface area contributed by atoms with Gasteiger partial charge >= 0.3 is 0 Å². The van der Waals surface area contributed by atoms with Crippen LogP contribution in [-0.2, 0) is 6.61 Å². The van der Waals surface area contributed by atoms with E-state index in [-0.39, 0.29) is 11.2 Å². The van der Waals surface area contributed by atoms with Crippen LogP contribution in [0.5, 0.6) is 11.5 Å². The largest absolute Gasteiger partial charge is 0.497 e. The normalized spacial score (nSPS) is 10.4. The van der Waals surface area contributed by atoms with E-state index in [1.807, 2.05) is 42.5 Å². The third-order valence-corrected chi connectivity index (χ3v) is 3.85. The van der Waals surface area contributed by atoms with Gasteiger partial charge in [0.1, 0.15) is 22.8 Å². The van der Waals surface area contributed by atoms with Crippen molar-refractivity contribution in [2.45, 2.75) is 6.61 Å². The monoisotopic (exact) mass is 386 g/mol. The number of halogens is 1. The first-order chi connectivity index (χ1) is 11.7. The fourth-order valence-corrected chi connectivity index (χ4v) is 2.47. The molecule has 5 nitrogen and oxygen atoms in total. The highest BCUT2D eigenvalue weighted by molar-refractivity contribution is 9.10. The number of ether oxygens (including phenoxy) is 2. The van der Waals surface area contributed by atoms with E-state index in [1.165, 1.54) is 6.07 Å². The number of nitrogens with zero attached hydrogens (tertiary/aromatic N) is 2. The van der Waals surface area contributed by atoms with E-state index in [0.717, 1.165) is 15.9 Å². The van der Waals surface area contributed by atoms with Gasteiger partial charge in [0.05, 0.1) is 13.3 Å². The lowest BCUT2D eigenvalue weighted by Gasteiger charge is -2.10. The van der Waals surface area contributed by atoms with Crippen LogP contribution in [0.25, 0.3) is 5.82 Å². The predicted molar refractivity (Wildman–Crippen MR) is 94.9 cm³/mol. The first-order valence-electron chi connectivity index (χ1n) is 7.27. The number of rotatable bonds is 5. The molecule has 0 saturated heterocycles. The summed E-state index contributed by atoms with van der Waals surface area (Å²) in [6.07, 6.45) is 3.30. The third-order valence-electron chi connectivity index (χ3n) is 3.40. The second-order valence-electron chi connectivity index (χ2n) is 5.04. The summed E-state index contributed by atoms with van der Waals surface area (Å²) in [6, 6.07) is 14.5. The summed E-state index contributed by atoms with van der Waals surface area (Å²) in [7, 11) is 1.62. The average molecular weight is 387 g/mol. The van der Waals surface area contributed by atoms with Gasteiger partial charge in [0.2, 0.25) is 5.43 Å². The molecule has 0 fully saturated rings. The van der Waals surface area contributed by atoms with Crippen LogP contribution < -0.4 is 14.9 Å². The molecule has 0 aliphatic rings. The Balaban J connectivity index is 1.80. The van der Waals surface area contributed by atoms with Crippen molar-refractivity contribution in [2.75, 3.05) is 7.11 Å². The van der Waals surface area contributed by atoms with Crippen molar-refractivity contribution in [3.8, 4) is 17.3 Å². The second kappa shape index (κ2) is 7.31. The average Bonchev–Trinajstić information content (AvgIpc) is 2.61. The van der Waals surface area contributed by atoms with E-state index in [9.17, 15) is 4.79 Å². The fourth-order valence-electron chi connectivity index (χ4n) is 2.14. The van der Waals surface area contributed by atoms with Gasteiger partial charge in [0.25, 0.3) is 0 Å². The van der Waals surface area contributed by atoms with E-state index in [0.29, 0.717) is 12.4 Å². The second-order valence-corrected chi connectivity index (χ2v) is 5.85. The molecule has 3 aromatic rings. The molecule has 0 amide bonds. The van der Waals surface area contributed by atoms with Gasteiger partial charge in [-0.05, 0) is 45.8 Å². The smallest absolute Gasteiger partial charge is 0.223 e. The van der Waals surface area contributed by atoms with Crippen LogP contribution in [0.4, 0.5) is 0 Å². The van der Waals surface area contributed by atoms with Gasteiger partial charge in [-0.15, -0.1) is 0 Å². The van der Waals surface area contributed by atoms with Gasteiger partial charge in [-0.25, -0.2) is 4.98 Å². The van der Waals surface area contributed by atoms with Gasteiger partial charge in [-0.1, -0.05) is 18.2 Å². The number of methoxy groups -OCH3 is 1. The van der Waals surface area contributed by atoms with Crippen molar-refractivity contribution in [3.05, 3.63) is 81.3 Å². The fraction of sp³-hybridized carbons (Fsp3) is 0.111. The van der Waals surface area contributed by atoms with Crippen LogP contribution in [0.2, 0.25) is 0 Å². The van der Waals surface area contributed by atoms with Crippen LogP contribution in [0, 0.1) is 0 Å². The van der Waals surface area contributed by atoms with Crippen LogP contribution in [-0.4, -0.2) is 16.7 Å². The molecule has 0 atom stereocenters. The van der Waals surface area contributed by atoms with E-state index in [1.54, 1.807) is 24.1 Å². The van der Waals surface area contributed by atoms with Crippen LogP contribution >= 0.6 is 15.9 Å². The minimum Gasteiger partial charge on any atom is -0.497 e. The zero-order chi connectivity index (χ0) is 16.9. The standard InChI is InChI=1S/C18H15BrN2O3/c1-23-14-7-5-13(6-8-14)12-24-16-11-21(10-9-15(16)22)18-4-2-3-17(19)20-18/h2-11H,12H2,1H3. The Hall–Kier alpha value is -2.60. The molecule has 2 aromatic heterocycles. The van der Waals surface area contributed by atoms with Gasteiger partial charge in [0.15, 0.2) is 5.75 Å². The van der Waals surface area contributed by atoms with Crippen molar-refractivity contribution < 1.29 is 9.47 Å². The summed E-state index contributed by atoms with van der Waals surface area (Å²) >= 11 is 3.34. The lowest BCUT2D eigenvalue weighted by Crippen LogP contribution is -2.10. The van der Waals surface area contributed by atoms with Gasteiger partial charge in [-0.2, -0.15) is 0 Å². The molecule has 6 heteroatoms. The summed E-state index contributed by atoms with van der Waals surface area (Å²) in [5.74, 6) is 1.75. The minimum absolute atomic E-state index is 0.172. The molecular formula is C18H15BrN2O3. The van der Waals surface area contributed by atoms with Gasteiger partial charge in [-0.3, -0.25) is 4.79 Å². The molecule has 0 unspecified atom stereocenters. The first kappa shape index (κ1) is 16.3. The maximum absolute atomic E-state index is 12.0. The van der Waals surface area contributed by atoms with Crippen molar-refractivity contribution in [3.63, 3.8) is 0 Å². The molecular weight excluding hydrogens is 372 g/mol. The summed E-state index contributed by atoms with van der Waals surface area (Å²) in [5, 5.41) is 0. The number of hydrogen-bond acceptors (Lipinski definition) is 4. The van der Waals surface area contributed by atoms with Crippen molar-refractivity contribution in [2.24, 2.45) is 0 Å². The minimum atomic E-state index is -0.172. The summed E-state index contributed by atoms with van der Waals surface area (Å²) in [6.45, 7) is 0.301. The molecule has 24 heavy (non-hydrogen) atoms. The van der Waals surface area contributed by atoms with Crippen LogP contribution in [0.15, 0.2) is 70.3 Å². The Morgan fingerprint density at radius 3 is 2.62 bits per heavy atom. The lowest BCUT2D eigenvalue weighted by atomic mass is 10.2. The highest BCUT2D eigenvalue weighted by Crippen LogP contribution is 2.15. The Bertz CT molecular complexity index is 891. The molecule has 3 rings (SSSR count). The van der Waals surface area contributed by atoms with Crippen LogP contribution in [0.1, 0.15) is 5.56 Å². The van der Waals surface area contributed by atoms with Gasteiger partial charge < -0.3 is 14.0 Å². The zero-order valence-corrected chi connectivity index (χ0v) is 14.6. The SMILES string of the molecule is COc1ccc(COc2cn(-c3cccc(Br)n3)ccc2=O)cc1. The van der Waals surface area contributed by atoms with Gasteiger partial charge in [0, 0.05) is 12.3 Å². The molecule has 0 spiro atoms. The van der Waals surface area contributed by atoms with Crippen molar-refractivity contribution in [1.29, 1.82) is 0 Å². The molecule has 0 aliphatic heterocycles. The molecule has 0 saturated carbocycles. The Morgan fingerprint density at radius 1 is 1.12 bits per heavy atom. The van der Waals surface area contributed by atoms with E-state index < -0.39 is 0 Å². The van der Waals surface area contributed by atoms with Crippen molar-refractivity contribution >= 4 is 15.9 Å². The number of hydrogen-bond donors (Lipinski definition) is 0. The lowest BCUT2D eigenvalue weighted by molar-refractivity contribution is 0.301. The van der Waals surface area contributed by atoms with E-state index in [4.69, 9.17) is 9.47 Å². The number of pyridine rings is 2. The Kier molecular flexibility index (Phi) is 4.96. The summed E-state index contributed by atoms with van der Waals surface area (Å²) < 4.78 is 13.3. The predicted octanol–water partition coefficient (Wildman–Crippen LogP) is 3.58. The number of benzene rings is 1. The maximum Gasteiger partial charge on any atom is 0.223 e. The maximum atomic E-state index is 12.0. The molecule has 0 aliphatic carbocycles. The molecule has 0 radical (unpaired) electrons. The molecule has 0 bridgehead atoms. The highest BCUT2D eigenvalue weighted by atomic mass is 79.9. The van der Waals surface area contributed by atoms with E-state index >= 15 is 0 Å². The summed E-state index contributed by atoms with van der Waals surface area (Å²) in [5.41, 5.74) is 0.779. The van der Waals surface area contributed by atoms with E-state index in [2.05, 4.69) is 20.9 Å². The third kappa shape index (κ3) is 3.83. The summed E-state index contributed by atoms with van der Waals surface area (Å²) in [4.78, 5) is 16.4. The molecule has 122 valence electrons. The Morgan fingerprint density at radius 2 is 1.92 bits per heavy atom. The first-order valence-corrected chi connectivity index (χ1v) is 8.06. The molecule has 1 aromatic carbocycles. The molecule has 2 heterocycles. The van der Waals surface area contributed by atoms with Crippen molar-refractivity contribution in [1.82, 2.24) is 9.55 Å². The number of aromatic nitrogens is 2. The van der Waals surface area contributed by atoms with Crippen LogP contribution in [0.3, 0.4) is 0 Å². The quantitative estimate of drug-likeness (QED) is 0.628. The molecule has 0 N–H and O–H groups in total. The zero-order valence-electron chi connectivity index (χ0n) is 13.0. The highest BCUT2D eigenvalue weighted by Gasteiger charge is 2.05. The Labute approximate surface area is 147 Å².